The molecule has 36 heavy (non-hydrogen) atoms. The van der Waals surface area contributed by atoms with E-state index >= 15 is 0 Å². The number of likely N-dealkylation sites (tertiary alicyclic amines) is 3. The zero-order valence-electron chi connectivity index (χ0n) is 25.3. The van der Waals surface area contributed by atoms with Crippen LogP contribution in [0.3, 0.4) is 0 Å². The highest BCUT2D eigenvalue weighted by molar-refractivity contribution is 4.91. The third kappa shape index (κ3) is 13.6. The molecule has 2 bridgehead atoms. The number of hydrogen-bond acceptors (Lipinski definition) is 4. The molecule has 0 aromatic carbocycles. The van der Waals surface area contributed by atoms with Crippen LogP contribution in [0.1, 0.15) is 106 Å². The van der Waals surface area contributed by atoms with Crippen LogP contribution >= 0.6 is 0 Å². The molecule has 5 aliphatic rings. The minimum absolute atomic E-state index is 0. The van der Waals surface area contributed by atoms with Crippen molar-refractivity contribution in [2.24, 2.45) is 23.7 Å². The monoisotopic (exact) mass is 509 g/mol. The Balaban J connectivity index is 0.000000239. The Morgan fingerprint density at radius 3 is 1.33 bits per heavy atom. The van der Waals surface area contributed by atoms with E-state index in [0.29, 0.717) is 0 Å². The summed E-state index contributed by atoms with van der Waals surface area (Å²) in [4.78, 5) is 9.84. The predicted molar refractivity (Wildman–Crippen MR) is 162 cm³/mol. The molecule has 5 aliphatic heterocycles. The fraction of sp³-hybridized carbons (Fsp3) is 1.00. The third-order valence-corrected chi connectivity index (χ3v) is 9.44. The van der Waals surface area contributed by atoms with Crippen LogP contribution in [-0.4, -0.2) is 99.1 Å². The van der Waals surface area contributed by atoms with Crippen LogP contribution in [0, 0.1) is 23.7 Å². The molecular weight excluding hydrogens is 440 g/mol. The summed E-state index contributed by atoms with van der Waals surface area (Å²) in [7, 11) is 8.92. The summed E-state index contributed by atoms with van der Waals surface area (Å²) >= 11 is 0. The van der Waals surface area contributed by atoms with Crippen molar-refractivity contribution < 1.29 is 0 Å². The molecule has 2 unspecified atom stereocenters. The van der Waals surface area contributed by atoms with Crippen LogP contribution in [0.25, 0.3) is 0 Å². The summed E-state index contributed by atoms with van der Waals surface area (Å²) in [6, 6.07) is 1.88. The average Bonchev–Trinajstić information content (AvgIpc) is 2.96. The van der Waals surface area contributed by atoms with Gasteiger partial charge in [0.25, 0.3) is 0 Å². The van der Waals surface area contributed by atoms with Gasteiger partial charge >= 0.3 is 0 Å². The molecule has 0 spiro atoms. The summed E-state index contributed by atoms with van der Waals surface area (Å²) in [5, 5.41) is 0. The van der Waals surface area contributed by atoms with Gasteiger partial charge in [0.05, 0.1) is 0 Å². The van der Waals surface area contributed by atoms with Gasteiger partial charge in [-0.25, -0.2) is 0 Å². The number of piperidine rings is 3. The van der Waals surface area contributed by atoms with Gasteiger partial charge in [-0.15, -0.1) is 0 Å². The van der Waals surface area contributed by atoms with Crippen LogP contribution < -0.4 is 0 Å². The van der Waals surface area contributed by atoms with E-state index in [1.54, 1.807) is 0 Å². The van der Waals surface area contributed by atoms with E-state index in [4.69, 9.17) is 0 Å². The van der Waals surface area contributed by atoms with Crippen molar-refractivity contribution in [3.63, 3.8) is 0 Å². The molecule has 5 fully saturated rings. The number of hydrogen-bond donors (Lipinski definition) is 0. The van der Waals surface area contributed by atoms with Gasteiger partial charge in [0, 0.05) is 18.6 Å². The normalized spacial score (nSPS) is 34.5. The van der Waals surface area contributed by atoms with Crippen LogP contribution in [-0.2, 0) is 0 Å². The molecule has 0 radical (unpaired) electrons. The van der Waals surface area contributed by atoms with Gasteiger partial charge < -0.3 is 19.6 Å². The minimum atomic E-state index is 0. The Bertz CT molecular complexity index is 490. The lowest BCUT2D eigenvalue weighted by Crippen LogP contribution is -2.39. The SMILES string of the molecule is C.CC1CC2CCC(C1)N2C.CC1CCN(C)CC1.C[C@H]1CCCN(C)C1.C[C@H]1CCCN(C)CC1. The van der Waals surface area contributed by atoms with Gasteiger partial charge in [-0.05, 0) is 155 Å². The van der Waals surface area contributed by atoms with Crippen molar-refractivity contribution in [3.8, 4) is 0 Å². The second-order valence-corrected chi connectivity index (χ2v) is 13.5. The number of nitrogens with zero attached hydrogens (tertiary/aromatic N) is 4. The molecule has 4 nitrogen and oxygen atoms in total. The first kappa shape index (κ1) is 33.9. The van der Waals surface area contributed by atoms with Crippen LogP contribution in [0.2, 0.25) is 0 Å². The van der Waals surface area contributed by atoms with Crippen molar-refractivity contribution >= 4 is 0 Å². The summed E-state index contributed by atoms with van der Waals surface area (Å²) in [5.74, 6) is 3.88. The first-order valence-corrected chi connectivity index (χ1v) is 15.4. The van der Waals surface area contributed by atoms with Crippen LogP contribution in [0.5, 0.6) is 0 Å². The summed E-state index contributed by atoms with van der Waals surface area (Å²) in [6.07, 6.45) is 15.7. The Morgan fingerprint density at radius 2 is 0.861 bits per heavy atom. The predicted octanol–water partition coefficient (Wildman–Crippen LogP) is 6.95. The lowest BCUT2D eigenvalue weighted by atomic mass is 9.93. The van der Waals surface area contributed by atoms with Gasteiger partial charge in [0.15, 0.2) is 0 Å². The molecule has 0 aliphatic carbocycles. The molecular formula is C32H68N4. The van der Waals surface area contributed by atoms with E-state index < -0.39 is 0 Å². The molecule has 0 aromatic heterocycles. The third-order valence-electron chi connectivity index (χ3n) is 9.44. The highest BCUT2D eigenvalue weighted by Gasteiger charge is 2.36. The molecule has 0 amide bonds. The van der Waals surface area contributed by atoms with Crippen molar-refractivity contribution in [1.29, 1.82) is 0 Å². The van der Waals surface area contributed by atoms with Crippen molar-refractivity contribution in [2.45, 2.75) is 118 Å². The molecule has 4 atom stereocenters. The van der Waals surface area contributed by atoms with Crippen molar-refractivity contribution in [2.75, 3.05) is 67.5 Å². The van der Waals surface area contributed by atoms with Gasteiger partial charge in [0.2, 0.25) is 0 Å². The smallest absolute Gasteiger partial charge is 0.00982 e. The van der Waals surface area contributed by atoms with E-state index in [1.165, 1.54) is 110 Å². The van der Waals surface area contributed by atoms with Crippen molar-refractivity contribution in [3.05, 3.63) is 0 Å². The highest BCUT2D eigenvalue weighted by Crippen LogP contribution is 2.36. The molecule has 216 valence electrons. The topological polar surface area (TPSA) is 13.0 Å². The zero-order chi connectivity index (χ0) is 25.8. The van der Waals surface area contributed by atoms with Gasteiger partial charge in [-0.2, -0.15) is 0 Å². The Labute approximate surface area is 228 Å². The molecule has 4 heteroatoms. The Morgan fingerprint density at radius 1 is 0.444 bits per heavy atom. The van der Waals surface area contributed by atoms with E-state index in [-0.39, 0.29) is 7.43 Å². The van der Waals surface area contributed by atoms with Crippen LogP contribution in [0.15, 0.2) is 0 Å². The zero-order valence-corrected chi connectivity index (χ0v) is 25.3. The number of fused-ring (bicyclic) bond motifs is 2. The van der Waals surface area contributed by atoms with Gasteiger partial charge in [0.1, 0.15) is 0 Å². The van der Waals surface area contributed by atoms with Crippen LogP contribution in [0.4, 0.5) is 0 Å². The molecule has 0 saturated carbocycles. The summed E-state index contributed by atoms with van der Waals surface area (Å²) < 4.78 is 0. The van der Waals surface area contributed by atoms with Gasteiger partial charge in [-0.3, -0.25) is 0 Å². The molecule has 0 N–H and O–H groups in total. The number of rotatable bonds is 0. The lowest BCUT2D eigenvalue weighted by Gasteiger charge is -2.34. The lowest BCUT2D eigenvalue weighted by molar-refractivity contribution is 0.142. The highest BCUT2D eigenvalue weighted by atomic mass is 15.2. The summed E-state index contributed by atoms with van der Waals surface area (Å²) in [6.45, 7) is 17.3. The Kier molecular flexibility index (Phi) is 17.1. The summed E-state index contributed by atoms with van der Waals surface area (Å²) in [5.41, 5.74) is 0. The van der Waals surface area contributed by atoms with E-state index in [1.807, 2.05) is 0 Å². The molecule has 5 rings (SSSR count). The standard InChI is InChI=1S/C9H17N.C8H17N.2C7H15N.CH4/c1-7-5-8-3-4-9(6-7)10(8)2;1-8-4-3-6-9(2)7-5-8;1-7-3-5-8(2)6-4-7;1-7-4-3-5-8(2)6-7;/h7-9H,3-6H2,1-2H3;8H,3-7H2,1-2H3;2*7H,3-6H2,1-2H3;1H4/t;8-;;7-;/m.0.0./s1. The second kappa shape index (κ2) is 18.2. The second-order valence-electron chi connectivity index (χ2n) is 13.5. The van der Waals surface area contributed by atoms with E-state index in [2.05, 4.69) is 75.5 Å². The van der Waals surface area contributed by atoms with E-state index in [9.17, 15) is 0 Å². The first-order chi connectivity index (χ1) is 16.6. The minimum Gasteiger partial charge on any atom is -0.306 e. The Hall–Kier alpha value is -0.160. The molecule has 5 saturated heterocycles. The van der Waals surface area contributed by atoms with E-state index in [0.717, 1.165) is 35.8 Å². The fourth-order valence-corrected chi connectivity index (χ4v) is 6.65. The maximum Gasteiger partial charge on any atom is 0.00982 e. The maximum atomic E-state index is 2.60. The first-order valence-electron chi connectivity index (χ1n) is 15.4. The van der Waals surface area contributed by atoms with Crippen molar-refractivity contribution in [1.82, 2.24) is 19.6 Å². The maximum absolute atomic E-state index is 2.60. The van der Waals surface area contributed by atoms with Gasteiger partial charge in [-0.1, -0.05) is 35.1 Å². The quantitative estimate of drug-likeness (QED) is 0.351. The molecule has 5 heterocycles. The molecule has 0 aromatic rings. The average molecular weight is 509 g/mol. The largest absolute Gasteiger partial charge is 0.306 e. The fourth-order valence-electron chi connectivity index (χ4n) is 6.65.